The summed E-state index contributed by atoms with van der Waals surface area (Å²) in [4.78, 5) is 20.2. The third-order valence-corrected chi connectivity index (χ3v) is 3.15. The number of hydrogen-bond acceptors (Lipinski definition) is 4. The summed E-state index contributed by atoms with van der Waals surface area (Å²) in [5, 5.41) is 2.99. The first-order chi connectivity index (χ1) is 11.6. The van der Waals surface area contributed by atoms with Crippen LogP contribution >= 0.6 is 11.6 Å². The molecule has 0 saturated heterocycles. The normalized spacial score (nSPS) is 10.2. The van der Waals surface area contributed by atoms with Crippen molar-refractivity contribution in [1.82, 2.24) is 9.97 Å². The second-order valence-corrected chi connectivity index (χ2v) is 5.20. The van der Waals surface area contributed by atoms with Gasteiger partial charge in [-0.3, -0.25) is 9.78 Å². The molecule has 3 rings (SSSR count). The minimum Gasteiger partial charge on any atom is -0.437 e. The minimum atomic E-state index is -0.477. The maximum atomic E-state index is 13.2. The van der Waals surface area contributed by atoms with Gasteiger partial charge in [-0.25, -0.2) is 9.37 Å². The van der Waals surface area contributed by atoms with Crippen LogP contribution < -0.4 is 10.1 Å². The van der Waals surface area contributed by atoms with Crippen LogP contribution in [0.2, 0.25) is 5.02 Å². The molecule has 7 heteroatoms. The summed E-state index contributed by atoms with van der Waals surface area (Å²) < 4.78 is 18.7. The summed E-state index contributed by atoms with van der Waals surface area (Å²) in [7, 11) is 0. The van der Waals surface area contributed by atoms with Crippen molar-refractivity contribution in [2.75, 3.05) is 5.32 Å². The number of amides is 1. The first-order valence-corrected chi connectivity index (χ1v) is 7.30. The van der Waals surface area contributed by atoms with E-state index < -0.39 is 11.7 Å². The second-order valence-electron chi connectivity index (χ2n) is 4.77. The topological polar surface area (TPSA) is 64.1 Å². The number of carbonyl (C=O) groups is 1. The Kier molecular flexibility index (Phi) is 4.67. The second kappa shape index (κ2) is 7.06. The van der Waals surface area contributed by atoms with Crippen LogP contribution in [-0.4, -0.2) is 15.9 Å². The number of hydrogen-bond donors (Lipinski definition) is 1. The molecule has 2 heterocycles. The van der Waals surface area contributed by atoms with Crippen LogP contribution in [0, 0.1) is 5.82 Å². The van der Waals surface area contributed by atoms with E-state index in [0.717, 1.165) is 0 Å². The van der Waals surface area contributed by atoms with E-state index in [1.54, 1.807) is 24.3 Å². The lowest BCUT2D eigenvalue weighted by Crippen LogP contribution is -2.13. The number of halogens is 2. The Balaban J connectivity index is 1.76. The molecule has 1 aromatic carbocycles. The quantitative estimate of drug-likeness (QED) is 0.766. The smallest absolute Gasteiger partial charge is 0.274 e. The van der Waals surface area contributed by atoms with Crippen molar-refractivity contribution in [3.8, 4) is 11.6 Å². The molecule has 0 atom stereocenters. The van der Waals surface area contributed by atoms with Gasteiger partial charge in [-0.1, -0.05) is 23.7 Å². The molecule has 5 nitrogen and oxygen atoms in total. The number of carbonyl (C=O) groups excluding carboxylic acids is 1. The van der Waals surface area contributed by atoms with Crippen molar-refractivity contribution in [2.24, 2.45) is 0 Å². The predicted octanol–water partition coefficient (Wildman–Crippen LogP) is 4.31. The highest BCUT2D eigenvalue weighted by Crippen LogP contribution is 2.21. The van der Waals surface area contributed by atoms with E-state index in [2.05, 4.69) is 15.3 Å². The number of pyridine rings is 2. The molecule has 0 aliphatic rings. The highest BCUT2D eigenvalue weighted by Gasteiger charge is 2.10. The molecule has 24 heavy (non-hydrogen) atoms. The molecule has 0 aliphatic heterocycles. The fourth-order valence-corrected chi connectivity index (χ4v) is 2.09. The van der Waals surface area contributed by atoms with Crippen molar-refractivity contribution >= 4 is 23.2 Å². The molecule has 0 radical (unpaired) electrons. The fraction of sp³-hybridized carbons (Fsp3) is 0. The Bertz CT molecular complexity index is 889. The van der Waals surface area contributed by atoms with Crippen LogP contribution in [0.15, 0.2) is 60.9 Å². The van der Waals surface area contributed by atoms with Gasteiger partial charge in [0, 0.05) is 24.0 Å². The Labute approximate surface area is 142 Å². The Morgan fingerprint density at radius 3 is 2.75 bits per heavy atom. The van der Waals surface area contributed by atoms with E-state index in [1.165, 1.54) is 36.7 Å². The third-order valence-electron chi connectivity index (χ3n) is 2.94. The van der Waals surface area contributed by atoms with E-state index in [4.69, 9.17) is 16.3 Å². The summed E-state index contributed by atoms with van der Waals surface area (Å²) in [6, 6.07) is 11.9. The SMILES string of the molecule is O=C(Nc1cccc(F)c1)c1cccc(Oc2cncc(Cl)c2)n1. The molecule has 0 unspecified atom stereocenters. The Morgan fingerprint density at radius 1 is 1.12 bits per heavy atom. The van der Waals surface area contributed by atoms with E-state index in [9.17, 15) is 9.18 Å². The summed E-state index contributed by atoms with van der Waals surface area (Å²) in [5.74, 6) is -0.301. The van der Waals surface area contributed by atoms with E-state index in [-0.39, 0.29) is 11.6 Å². The average molecular weight is 344 g/mol. The van der Waals surface area contributed by atoms with Gasteiger partial charge in [-0.2, -0.15) is 0 Å². The van der Waals surface area contributed by atoms with Gasteiger partial charge < -0.3 is 10.1 Å². The van der Waals surface area contributed by atoms with Gasteiger partial charge in [-0.05, 0) is 24.3 Å². The number of benzene rings is 1. The number of nitrogens with zero attached hydrogens (tertiary/aromatic N) is 2. The van der Waals surface area contributed by atoms with E-state index in [0.29, 0.717) is 16.5 Å². The lowest BCUT2D eigenvalue weighted by molar-refractivity contribution is 0.102. The number of ether oxygens (including phenoxy) is 1. The molecule has 0 bridgehead atoms. The van der Waals surface area contributed by atoms with Crippen molar-refractivity contribution < 1.29 is 13.9 Å². The molecule has 0 fully saturated rings. The van der Waals surface area contributed by atoms with Crippen molar-refractivity contribution in [2.45, 2.75) is 0 Å². The lowest BCUT2D eigenvalue weighted by Gasteiger charge is -2.07. The molecule has 1 amide bonds. The first-order valence-electron chi connectivity index (χ1n) is 6.92. The van der Waals surface area contributed by atoms with Crippen LogP contribution in [0.25, 0.3) is 0 Å². The zero-order chi connectivity index (χ0) is 16.9. The number of nitrogens with one attached hydrogen (secondary N) is 1. The summed E-state index contributed by atoms with van der Waals surface area (Å²) in [6.45, 7) is 0. The molecule has 0 saturated carbocycles. The standard InChI is InChI=1S/C17H11ClFN3O2/c18-11-7-14(10-20-9-11)24-16-6-2-5-15(22-16)17(23)21-13-4-1-3-12(19)8-13/h1-10H,(H,21,23). The van der Waals surface area contributed by atoms with Crippen LogP contribution in [0.1, 0.15) is 10.5 Å². The van der Waals surface area contributed by atoms with Gasteiger partial charge in [0.2, 0.25) is 5.88 Å². The van der Waals surface area contributed by atoms with Crippen molar-refractivity contribution in [3.05, 3.63) is 77.5 Å². The zero-order valence-electron chi connectivity index (χ0n) is 12.2. The largest absolute Gasteiger partial charge is 0.437 e. The maximum absolute atomic E-state index is 13.2. The molecule has 3 aromatic rings. The van der Waals surface area contributed by atoms with Gasteiger partial charge in [0.15, 0.2) is 0 Å². The predicted molar refractivity (Wildman–Crippen MR) is 87.9 cm³/mol. The molecule has 0 spiro atoms. The molecular formula is C17H11ClFN3O2. The monoisotopic (exact) mass is 343 g/mol. The molecular weight excluding hydrogens is 333 g/mol. The van der Waals surface area contributed by atoms with Gasteiger partial charge >= 0.3 is 0 Å². The van der Waals surface area contributed by atoms with Crippen molar-refractivity contribution in [1.29, 1.82) is 0 Å². The van der Waals surface area contributed by atoms with Gasteiger partial charge in [0.25, 0.3) is 5.91 Å². The molecule has 2 aromatic heterocycles. The molecule has 0 aliphatic carbocycles. The highest BCUT2D eigenvalue weighted by molar-refractivity contribution is 6.30. The van der Waals surface area contributed by atoms with Gasteiger partial charge in [0.1, 0.15) is 17.3 Å². The Hall–Kier alpha value is -2.99. The van der Waals surface area contributed by atoms with Gasteiger partial charge in [-0.15, -0.1) is 0 Å². The third kappa shape index (κ3) is 4.05. The number of aromatic nitrogens is 2. The van der Waals surface area contributed by atoms with Gasteiger partial charge in [0.05, 0.1) is 11.2 Å². The summed E-state index contributed by atoms with van der Waals surface area (Å²) in [5.41, 5.74) is 0.471. The fourth-order valence-electron chi connectivity index (χ4n) is 1.93. The maximum Gasteiger partial charge on any atom is 0.274 e. The van der Waals surface area contributed by atoms with Crippen molar-refractivity contribution in [3.63, 3.8) is 0 Å². The minimum absolute atomic E-state index is 0.131. The Morgan fingerprint density at radius 2 is 1.96 bits per heavy atom. The highest BCUT2D eigenvalue weighted by atomic mass is 35.5. The average Bonchev–Trinajstić information content (AvgIpc) is 2.55. The number of rotatable bonds is 4. The lowest BCUT2D eigenvalue weighted by atomic mass is 10.3. The molecule has 120 valence electrons. The van der Waals surface area contributed by atoms with Crippen LogP contribution in [-0.2, 0) is 0 Å². The zero-order valence-corrected chi connectivity index (χ0v) is 13.0. The van der Waals surface area contributed by atoms with Crippen LogP contribution in [0.3, 0.4) is 0 Å². The number of anilines is 1. The van der Waals surface area contributed by atoms with Crippen LogP contribution in [0.5, 0.6) is 11.6 Å². The van der Waals surface area contributed by atoms with E-state index >= 15 is 0 Å². The first kappa shape index (κ1) is 15.9. The molecule has 1 N–H and O–H groups in total. The van der Waals surface area contributed by atoms with Crippen LogP contribution in [0.4, 0.5) is 10.1 Å². The summed E-state index contributed by atoms with van der Waals surface area (Å²) >= 11 is 5.84. The summed E-state index contributed by atoms with van der Waals surface area (Å²) in [6.07, 6.45) is 2.96. The van der Waals surface area contributed by atoms with E-state index in [1.807, 2.05) is 0 Å².